The van der Waals surface area contributed by atoms with Crippen LogP contribution in [0.4, 0.5) is 0 Å². The third-order valence-electron chi connectivity index (χ3n) is 6.82. The zero-order valence-electron chi connectivity index (χ0n) is 30.4. The van der Waals surface area contributed by atoms with E-state index in [1.165, 1.54) is 0 Å². The number of carboxylic acids is 1. The van der Waals surface area contributed by atoms with E-state index in [-0.39, 0.29) is 60.6 Å². The maximum Gasteiger partial charge on any atom is 0.373 e. The van der Waals surface area contributed by atoms with E-state index < -0.39 is 22.7 Å². The van der Waals surface area contributed by atoms with E-state index in [0.717, 1.165) is 0 Å². The number of carbonyl (C=O) groups is 3. The normalized spacial score (nSPS) is 18.7. The summed E-state index contributed by atoms with van der Waals surface area (Å²) in [7, 11) is 0. The molecular formula is C33H59N3O10. The lowest BCUT2D eigenvalue weighted by molar-refractivity contribution is -0.193. The second-order valence-electron chi connectivity index (χ2n) is 16.2. The molecule has 0 aromatic rings. The molecule has 46 heavy (non-hydrogen) atoms. The number of hydrogen-bond acceptors (Lipinski definition) is 12. The second-order valence-corrected chi connectivity index (χ2v) is 16.2. The number of ether oxygens (including phenoxy) is 2. The van der Waals surface area contributed by atoms with E-state index in [2.05, 4.69) is 63.2 Å². The van der Waals surface area contributed by atoms with Gasteiger partial charge in [-0.2, -0.15) is 19.2 Å². The highest BCUT2D eigenvalue weighted by Gasteiger charge is 2.44. The first-order valence-corrected chi connectivity index (χ1v) is 15.5. The van der Waals surface area contributed by atoms with Gasteiger partial charge in [0, 0.05) is 50.7 Å². The zero-order chi connectivity index (χ0) is 36.7. The number of carboxylic acid groups (broad SMARTS) is 1. The van der Waals surface area contributed by atoms with E-state index in [9.17, 15) is 19.5 Å². The Morgan fingerprint density at radius 3 is 1.65 bits per heavy atom. The number of carbonyl (C=O) groups excluding carboxylic acids is 6. The molecule has 0 spiro atoms. The molecule has 0 aliphatic carbocycles. The summed E-state index contributed by atoms with van der Waals surface area (Å²) in [6.07, 6.45) is 1.10. The minimum absolute atomic E-state index is 0.00224. The van der Waals surface area contributed by atoms with E-state index in [4.69, 9.17) is 28.7 Å². The van der Waals surface area contributed by atoms with Gasteiger partial charge in [0.05, 0.1) is 13.1 Å². The predicted octanol–water partition coefficient (Wildman–Crippen LogP) is 3.51. The number of hydrogen-bond donors (Lipinski definition) is 1. The molecule has 1 N–H and O–H groups in total. The molecule has 1 rings (SSSR count). The largest absolute Gasteiger partial charge is 0.481 e. The fraction of sp³-hybridized carbons (Fsp3) is 0.848. The van der Waals surface area contributed by atoms with Gasteiger partial charge in [-0.1, -0.05) is 41.5 Å². The van der Waals surface area contributed by atoms with Crippen molar-refractivity contribution in [3.05, 3.63) is 0 Å². The summed E-state index contributed by atoms with van der Waals surface area (Å²) in [6.45, 7) is 29.6. The van der Waals surface area contributed by atoms with E-state index in [0.29, 0.717) is 39.1 Å². The minimum Gasteiger partial charge on any atom is -0.481 e. The summed E-state index contributed by atoms with van der Waals surface area (Å²) >= 11 is 0. The molecule has 0 aromatic carbocycles. The quantitative estimate of drug-likeness (QED) is 0.339. The molecule has 0 bridgehead atoms. The molecule has 13 heteroatoms. The van der Waals surface area contributed by atoms with Gasteiger partial charge < -0.3 is 14.6 Å². The first-order valence-electron chi connectivity index (χ1n) is 15.5. The summed E-state index contributed by atoms with van der Waals surface area (Å²) in [5.41, 5.74) is -1.99. The van der Waals surface area contributed by atoms with Crippen LogP contribution >= 0.6 is 0 Å². The van der Waals surface area contributed by atoms with E-state index in [1.54, 1.807) is 0 Å². The minimum atomic E-state index is -0.808. The van der Waals surface area contributed by atoms with Crippen molar-refractivity contribution in [1.82, 2.24) is 14.7 Å². The predicted molar refractivity (Wildman–Crippen MR) is 169 cm³/mol. The molecule has 1 saturated heterocycles. The van der Waals surface area contributed by atoms with Gasteiger partial charge in [0.2, 0.25) is 0 Å². The van der Waals surface area contributed by atoms with Crippen molar-refractivity contribution in [2.45, 2.75) is 126 Å². The average molecular weight is 658 g/mol. The van der Waals surface area contributed by atoms with Crippen molar-refractivity contribution in [3.63, 3.8) is 0 Å². The van der Waals surface area contributed by atoms with Gasteiger partial charge in [-0.25, -0.2) is 0 Å². The van der Waals surface area contributed by atoms with Crippen molar-refractivity contribution < 1.29 is 48.1 Å². The lowest BCUT2D eigenvalue weighted by Crippen LogP contribution is -2.62. The Bertz CT molecular complexity index is 1030. The molecule has 13 nitrogen and oxygen atoms in total. The Hall–Kier alpha value is -2.95. The van der Waals surface area contributed by atoms with Crippen LogP contribution < -0.4 is 0 Å². The third kappa shape index (κ3) is 21.0. The van der Waals surface area contributed by atoms with Gasteiger partial charge in [-0.3, -0.25) is 29.1 Å². The molecule has 1 aliphatic rings. The summed E-state index contributed by atoms with van der Waals surface area (Å²) in [5.74, 6) is -1.38. The number of nitrogens with zero attached hydrogens (tertiary/aromatic N) is 3. The third-order valence-corrected chi connectivity index (χ3v) is 6.82. The van der Waals surface area contributed by atoms with Crippen molar-refractivity contribution in [2.75, 3.05) is 45.8 Å². The topological polar surface area (TPSA) is 168 Å². The van der Waals surface area contributed by atoms with E-state index >= 15 is 0 Å². The van der Waals surface area contributed by atoms with Crippen molar-refractivity contribution in [1.29, 1.82) is 0 Å². The Morgan fingerprint density at radius 1 is 0.804 bits per heavy atom. The average Bonchev–Trinajstić information content (AvgIpc) is 2.94. The Morgan fingerprint density at radius 2 is 1.26 bits per heavy atom. The van der Waals surface area contributed by atoms with Crippen LogP contribution in [0.1, 0.15) is 103 Å². The molecule has 0 amide bonds. The number of esters is 2. The Balaban J connectivity index is 0. The van der Waals surface area contributed by atoms with Gasteiger partial charge in [-0.15, -0.1) is 0 Å². The fourth-order valence-electron chi connectivity index (χ4n) is 5.52. The van der Waals surface area contributed by atoms with Crippen LogP contribution in [0.3, 0.4) is 0 Å². The van der Waals surface area contributed by atoms with Crippen LogP contribution in [0.2, 0.25) is 0 Å². The molecule has 0 radical (unpaired) electrons. The van der Waals surface area contributed by atoms with Crippen molar-refractivity contribution >= 4 is 30.2 Å². The van der Waals surface area contributed by atoms with Crippen LogP contribution in [0.5, 0.6) is 0 Å². The molecule has 1 aliphatic heterocycles. The molecule has 1 heterocycles. The Kier molecular flexibility index (Phi) is 18.7. The number of rotatable bonds is 10. The van der Waals surface area contributed by atoms with Gasteiger partial charge in [-0.05, 0) is 65.7 Å². The van der Waals surface area contributed by atoms with Crippen LogP contribution in [0.25, 0.3) is 0 Å². The highest BCUT2D eigenvalue weighted by Crippen LogP contribution is 2.33. The maximum atomic E-state index is 13.2. The maximum absolute atomic E-state index is 13.2. The first-order chi connectivity index (χ1) is 20.6. The van der Waals surface area contributed by atoms with Crippen LogP contribution in [0.15, 0.2) is 0 Å². The van der Waals surface area contributed by atoms with Gasteiger partial charge in [0.25, 0.3) is 0 Å². The zero-order valence-corrected chi connectivity index (χ0v) is 30.4. The van der Waals surface area contributed by atoms with Crippen LogP contribution in [0, 0.1) is 10.8 Å². The lowest BCUT2D eigenvalue weighted by Gasteiger charge is -2.48. The molecular weight excluding hydrogens is 598 g/mol. The van der Waals surface area contributed by atoms with Gasteiger partial charge in [0.15, 0.2) is 0 Å². The smallest absolute Gasteiger partial charge is 0.373 e. The van der Waals surface area contributed by atoms with Crippen LogP contribution in [-0.2, 0) is 43.0 Å². The lowest BCUT2D eigenvalue weighted by atomic mass is 9.81. The molecule has 266 valence electrons. The van der Waals surface area contributed by atoms with Crippen molar-refractivity contribution in [2.24, 2.45) is 10.8 Å². The first kappa shape index (κ1) is 45.2. The second kappa shape index (κ2) is 19.0. The highest BCUT2D eigenvalue weighted by atomic mass is 16.6. The summed E-state index contributed by atoms with van der Waals surface area (Å²) in [4.78, 5) is 76.8. The van der Waals surface area contributed by atoms with Crippen LogP contribution in [-0.4, -0.2) is 119 Å². The standard InChI is InChI=1S/C31H59N3O6.2CO2/c1-27(2,3)20-34(19-26(38)40-30(10,11)12)31(13)21-32(18-25(37)39-29(7,8)9)16-17-33(22-31)23(28(4,5)6)14-15-24(35)36;2*2-1-3/h23H,14-22H2,1-13H3,(H,35,36);;. The highest BCUT2D eigenvalue weighted by molar-refractivity contribution is 5.73. The van der Waals surface area contributed by atoms with Crippen molar-refractivity contribution in [3.8, 4) is 0 Å². The van der Waals surface area contributed by atoms with Gasteiger partial charge in [0.1, 0.15) is 11.2 Å². The molecule has 1 fully saturated rings. The van der Waals surface area contributed by atoms with Gasteiger partial charge >= 0.3 is 30.2 Å². The Labute approximate surface area is 275 Å². The number of aliphatic carboxylic acids is 1. The summed E-state index contributed by atoms with van der Waals surface area (Å²) < 4.78 is 11.4. The molecule has 0 aromatic heterocycles. The molecule has 2 atom stereocenters. The fourth-order valence-corrected chi connectivity index (χ4v) is 5.52. The molecule has 0 saturated carbocycles. The van der Waals surface area contributed by atoms with E-state index in [1.807, 2.05) is 41.5 Å². The SMILES string of the molecule is CC(C)(C)CN(CC(=O)OC(C)(C)C)C1(C)CN(CC(=O)OC(C)(C)C)CCN(C(CCC(=O)O)C(C)(C)C)C1.O=C=O.O=C=O. The summed E-state index contributed by atoms with van der Waals surface area (Å²) in [5, 5.41) is 9.49. The monoisotopic (exact) mass is 657 g/mol. The molecule has 2 unspecified atom stereocenters. The summed E-state index contributed by atoms with van der Waals surface area (Å²) in [6, 6.07) is 0.00224.